The minimum atomic E-state index is -0.179. The van der Waals surface area contributed by atoms with Crippen LogP contribution in [-0.4, -0.2) is 63.3 Å². The maximum Gasteiger partial charge on any atom is 0.191 e. The number of halogens is 1. The maximum atomic E-state index is 13.1. The van der Waals surface area contributed by atoms with Crippen molar-refractivity contribution in [3.05, 3.63) is 35.6 Å². The normalized spacial score (nSPS) is 20.3. The molecule has 1 heterocycles. The fourth-order valence-corrected chi connectivity index (χ4v) is 3.22. The van der Waals surface area contributed by atoms with E-state index in [4.69, 9.17) is 9.73 Å². The summed E-state index contributed by atoms with van der Waals surface area (Å²) in [5, 5.41) is 6.74. The number of nitrogens with one attached hydrogen (secondary N) is 2. The molecule has 2 aliphatic rings. The fourth-order valence-electron chi connectivity index (χ4n) is 3.22. The van der Waals surface area contributed by atoms with E-state index >= 15 is 0 Å². The van der Waals surface area contributed by atoms with E-state index in [1.165, 1.54) is 5.56 Å². The second-order valence-corrected chi connectivity index (χ2v) is 6.86. The third-order valence-electron chi connectivity index (χ3n) is 5.02. The Hall–Kier alpha value is -1.66. The van der Waals surface area contributed by atoms with Gasteiger partial charge in [-0.2, -0.15) is 0 Å². The van der Waals surface area contributed by atoms with Crippen LogP contribution in [-0.2, 0) is 10.2 Å². The SMILES string of the molecule is CCNC(=NCC1(c2ccc(F)cc2)CC1)NCCN1CCOCC1. The average molecular weight is 348 g/mol. The van der Waals surface area contributed by atoms with Gasteiger partial charge in [-0.15, -0.1) is 0 Å². The number of guanidine groups is 1. The molecular formula is C19H29FN4O. The number of hydrogen-bond donors (Lipinski definition) is 2. The minimum Gasteiger partial charge on any atom is -0.379 e. The lowest BCUT2D eigenvalue weighted by Gasteiger charge is -2.26. The van der Waals surface area contributed by atoms with Crippen molar-refractivity contribution < 1.29 is 9.13 Å². The third kappa shape index (κ3) is 5.16. The fraction of sp³-hybridized carbons (Fsp3) is 0.632. The zero-order valence-corrected chi connectivity index (χ0v) is 15.1. The number of benzene rings is 1. The molecule has 0 unspecified atom stereocenters. The molecule has 1 saturated carbocycles. The zero-order valence-electron chi connectivity index (χ0n) is 15.1. The molecule has 1 aromatic rings. The van der Waals surface area contributed by atoms with Crippen LogP contribution in [0.4, 0.5) is 4.39 Å². The van der Waals surface area contributed by atoms with Crippen LogP contribution >= 0.6 is 0 Å². The predicted octanol–water partition coefficient (Wildman–Crippen LogP) is 1.74. The van der Waals surface area contributed by atoms with E-state index in [0.717, 1.165) is 71.3 Å². The summed E-state index contributed by atoms with van der Waals surface area (Å²) in [6, 6.07) is 6.89. The minimum absolute atomic E-state index is 0.0975. The number of aliphatic imine (C=N–C) groups is 1. The van der Waals surface area contributed by atoms with Gasteiger partial charge in [0.1, 0.15) is 5.82 Å². The summed E-state index contributed by atoms with van der Waals surface area (Å²) in [4.78, 5) is 7.19. The summed E-state index contributed by atoms with van der Waals surface area (Å²) in [5.41, 5.74) is 1.29. The maximum absolute atomic E-state index is 13.1. The summed E-state index contributed by atoms with van der Waals surface area (Å²) in [6.07, 6.45) is 2.24. The number of nitrogens with zero attached hydrogens (tertiary/aromatic N) is 2. The lowest BCUT2D eigenvalue weighted by molar-refractivity contribution is 0.0389. The van der Waals surface area contributed by atoms with Crippen molar-refractivity contribution in [2.24, 2.45) is 4.99 Å². The second kappa shape index (κ2) is 8.63. The van der Waals surface area contributed by atoms with E-state index in [2.05, 4.69) is 22.5 Å². The first-order valence-corrected chi connectivity index (χ1v) is 9.30. The van der Waals surface area contributed by atoms with Gasteiger partial charge in [-0.25, -0.2) is 4.39 Å². The Bertz CT molecular complexity index is 565. The molecule has 0 amide bonds. The van der Waals surface area contributed by atoms with Gasteiger partial charge in [0.15, 0.2) is 5.96 Å². The van der Waals surface area contributed by atoms with Crippen molar-refractivity contribution in [2.45, 2.75) is 25.2 Å². The molecule has 2 fully saturated rings. The van der Waals surface area contributed by atoms with E-state index in [1.54, 1.807) is 12.1 Å². The van der Waals surface area contributed by atoms with E-state index in [0.29, 0.717) is 0 Å². The molecule has 0 atom stereocenters. The van der Waals surface area contributed by atoms with Gasteiger partial charge in [0.05, 0.1) is 19.8 Å². The van der Waals surface area contributed by atoms with Crippen LogP contribution in [0.15, 0.2) is 29.3 Å². The standard InChI is InChI=1S/C19H29FN4O/c1-2-21-18(22-9-10-24-11-13-25-14-12-24)23-15-19(7-8-19)16-3-5-17(20)6-4-16/h3-6H,2,7-15H2,1H3,(H2,21,22,23). The van der Waals surface area contributed by atoms with Crippen LogP contribution in [0.25, 0.3) is 0 Å². The average Bonchev–Trinajstić information content (AvgIpc) is 3.42. The van der Waals surface area contributed by atoms with Crippen LogP contribution < -0.4 is 10.6 Å². The van der Waals surface area contributed by atoms with Crippen LogP contribution in [0.1, 0.15) is 25.3 Å². The highest BCUT2D eigenvalue weighted by molar-refractivity contribution is 5.79. The molecule has 138 valence electrons. The van der Waals surface area contributed by atoms with E-state index < -0.39 is 0 Å². The molecule has 6 heteroatoms. The van der Waals surface area contributed by atoms with Crippen LogP contribution in [0.2, 0.25) is 0 Å². The van der Waals surface area contributed by atoms with Gasteiger partial charge in [0.25, 0.3) is 0 Å². The van der Waals surface area contributed by atoms with Crippen molar-refractivity contribution in [3.8, 4) is 0 Å². The Morgan fingerprint density at radius 2 is 1.92 bits per heavy atom. The van der Waals surface area contributed by atoms with Gasteiger partial charge in [-0.3, -0.25) is 9.89 Å². The van der Waals surface area contributed by atoms with Crippen LogP contribution in [0.5, 0.6) is 0 Å². The number of ether oxygens (including phenoxy) is 1. The van der Waals surface area contributed by atoms with Crippen molar-refractivity contribution in [1.29, 1.82) is 0 Å². The monoisotopic (exact) mass is 348 g/mol. The van der Waals surface area contributed by atoms with Gasteiger partial charge in [0, 0.05) is 38.1 Å². The van der Waals surface area contributed by atoms with Crippen molar-refractivity contribution in [2.75, 3.05) is 52.5 Å². The van der Waals surface area contributed by atoms with Crippen LogP contribution in [0.3, 0.4) is 0 Å². The smallest absolute Gasteiger partial charge is 0.191 e. The van der Waals surface area contributed by atoms with Gasteiger partial charge < -0.3 is 15.4 Å². The topological polar surface area (TPSA) is 48.9 Å². The first-order chi connectivity index (χ1) is 12.2. The lowest BCUT2D eigenvalue weighted by Crippen LogP contribution is -2.44. The molecular weight excluding hydrogens is 319 g/mol. The van der Waals surface area contributed by atoms with Gasteiger partial charge in [-0.05, 0) is 37.5 Å². The molecule has 1 saturated heterocycles. The zero-order chi connectivity index (χ0) is 17.5. The molecule has 5 nitrogen and oxygen atoms in total. The van der Waals surface area contributed by atoms with Gasteiger partial charge in [0.2, 0.25) is 0 Å². The summed E-state index contributed by atoms with van der Waals surface area (Å²) in [6.45, 7) is 9.19. The van der Waals surface area contributed by atoms with Crippen LogP contribution in [0, 0.1) is 5.82 Å². The Morgan fingerprint density at radius 1 is 1.20 bits per heavy atom. The Labute approximate surface area is 149 Å². The number of rotatable bonds is 7. The Kier molecular flexibility index (Phi) is 6.26. The molecule has 0 aromatic heterocycles. The molecule has 1 aliphatic carbocycles. The molecule has 1 aliphatic heterocycles. The van der Waals surface area contributed by atoms with E-state index in [-0.39, 0.29) is 11.2 Å². The molecule has 0 bridgehead atoms. The highest BCUT2D eigenvalue weighted by Crippen LogP contribution is 2.48. The number of morpholine rings is 1. The van der Waals surface area contributed by atoms with Gasteiger partial charge >= 0.3 is 0 Å². The van der Waals surface area contributed by atoms with Crippen molar-refractivity contribution in [1.82, 2.24) is 15.5 Å². The van der Waals surface area contributed by atoms with Gasteiger partial charge in [-0.1, -0.05) is 12.1 Å². The molecule has 25 heavy (non-hydrogen) atoms. The molecule has 3 rings (SSSR count). The molecule has 0 spiro atoms. The summed E-state index contributed by atoms with van der Waals surface area (Å²) in [5.74, 6) is 0.685. The lowest BCUT2D eigenvalue weighted by atomic mass is 9.96. The third-order valence-corrected chi connectivity index (χ3v) is 5.02. The highest BCUT2D eigenvalue weighted by Gasteiger charge is 2.44. The molecule has 1 aromatic carbocycles. The highest BCUT2D eigenvalue weighted by atomic mass is 19.1. The largest absolute Gasteiger partial charge is 0.379 e. The second-order valence-electron chi connectivity index (χ2n) is 6.86. The summed E-state index contributed by atoms with van der Waals surface area (Å²) >= 11 is 0. The van der Waals surface area contributed by atoms with Crippen molar-refractivity contribution in [3.63, 3.8) is 0 Å². The van der Waals surface area contributed by atoms with Crippen molar-refractivity contribution >= 4 is 5.96 Å². The summed E-state index contributed by atoms with van der Waals surface area (Å²) < 4.78 is 18.5. The summed E-state index contributed by atoms with van der Waals surface area (Å²) in [7, 11) is 0. The predicted molar refractivity (Wildman–Crippen MR) is 98.6 cm³/mol. The quantitative estimate of drug-likeness (QED) is 0.582. The van der Waals surface area contributed by atoms with E-state index in [1.807, 2.05) is 12.1 Å². The Balaban J connectivity index is 1.51. The van der Waals surface area contributed by atoms with E-state index in [9.17, 15) is 4.39 Å². The Morgan fingerprint density at radius 3 is 2.56 bits per heavy atom. The first kappa shape index (κ1) is 18.1. The number of hydrogen-bond acceptors (Lipinski definition) is 3. The molecule has 0 radical (unpaired) electrons. The molecule has 2 N–H and O–H groups in total. The first-order valence-electron chi connectivity index (χ1n) is 9.30.